The molecule has 0 unspecified atom stereocenters. The van der Waals surface area contributed by atoms with Crippen molar-refractivity contribution >= 4 is 11.4 Å². The first kappa shape index (κ1) is 17.5. The molecule has 2 aromatic rings. The largest absolute Gasteiger partial charge is 0.487 e. The number of azo groups is 1. The van der Waals surface area contributed by atoms with Crippen LogP contribution in [0.1, 0.15) is 13.8 Å². The zero-order chi connectivity index (χ0) is 17.4. The fraction of sp³-hybridized carbons (Fsp3) is 0.200. The molecule has 0 amide bonds. The summed E-state index contributed by atoms with van der Waals surface area (Å²) in [6.45, 7) is 12.4. The fourth-order valence-electron chi connectivity index (χ4n) is 1.83. The third kappa shape index (κ3) is 5.39. The van der Waals surface area contributed by atoms with Crippen molar-refractivity contribution in [2.45, 2.75) is 13.8 Å². The minimum atomic E-state index is 0.449. The summed E-state index contributed by atoms with van der Waals surface area (Å²) < 4.78 is 11.4. The average molecular weight is 322 g/mol. The van der Waals surface area contributed by atoms with Crippen LogP contribution >= 0.6 is 0 Å². The average Bonchev–Trinajstić information content (AvgIpc) is 2.57. The monoisotopic (exact) mass is 322 g/mol. The van der Waals surface area contributed by atoms with Crippen molar-refractivity contribution in [2.24, 2.45) is 10.2 Å². The summed E-state index contributed by atoms with van der Waals surface area (Å²) in [7, 11) is 0. The van der Waals surface area contributed by atoms with E-state index in [1.165, 1.54) is 0 Å². The summed E-state index contributed by atoms with van der Waals surface area (Å²) >= 11 is 0. The molecule has 0 saturated heterocycles. The van der Waals surface area contributed by atoms with Crippen molar-refractivity contribution in [3.8, 4) is 11.5 Å². The van der Waals surface area contributed by atoms with Gasteiger partial charge in [0.15, 0.2) is 0 Å². The number of benzene rings is 2. The molecule has 4 heteroatoms. The van der Waals surface area contributed by atoms with E-state index in [0.717, 1.165) is 11.1 Å². The predicted octanol–water partition coefficient (Wildman–Crippen LogP) is 6.01. The molecule has 0 aliphatic rings. The second-order valence-electron chi connectivity index (χ2n) is 5.63. The Morgan fingerprint density at radius 2 is 1.12 bits per heavy atom. The molecule has 4 nitrogen and oxygen atoms in total. The number of nitrogens with zero attached hydrogens (tertiary/aromatic N) is 2. The molecule has 2 aromatic carbocycles. The second kappa shape index (κ2) is 8.67. The number of hydrogen-bond donors (Lipinski definition) is 0. The van der Waals surface area contributed by atoms with Gasteiger partial charge in [-0.25, -0.2) is 0 Å². The van der Waals surface area contributed by atoms with Crippen molar-refractivity contribution in [1.82, 2.24) is 0 Å². The van der Waals surface area contributed by atoms with Gasteiger partial charge in [-0.15, -0.1) is 10.2 Å². The maximum atomic E-state index is 5.70. The predicted molar refractivity (Wildman–Crippen MR) is 97.7 cm³/mol. The molecule has 0 fully saturated rings. The van der Waals surface area contributed by atoms with Crippen LogP contribution in [0.3, 0.4) is 0 Å². The third-order valence-electron chi connectivity index (χ3n) is 2.94. The summed E-state index contributed by atoms with van der Waals surface area (Å²) in [4.78, 5) is 0. The van der Waals surface area contributed by atoms with Crippen molar-refractivity contribution in [2.75, 3.05) is 13.2 Å². The molecule has 0 bridgehead atoms. The van der Waals surface area contributed by atoms with E-state index in [2.05, 4.69) is 23.4 Å². The van der Waals surface area contributed by atoms with Crippen LogP contribution in [-0.4, -0.2) is 13.2 Å². The standard InChI is InChI=1S/C20H22N2O2/c1-15(2)13-23-19-11-7-5-9-17(19)21-22-18-10-6-8-12-20(18)24-14-16(3)4/h5-12H,1,3,13-14H2,2,4H3/b22-21+. The normalized spacial score (nSPS) is 10.6. The van der Waals surface area contributed by atoms with Gasteiger partial charge in [0.05, 0.1) is 0 Å². The molecule has 0 saturated carbocycles. The van der Waals surface area contributed by atoms with Crippen LogP contribution in [0.2, 0.25) is 0 Å². The van der Waals surface area contributed by atoms with Gasteiger partial charge in [0.1, 0.15) is 36.1 Å². The van der Waals surface area contributed by atoms with Gasteiger partial charge >= 0.3 is 0 Å². The summed E-state index contributed by atoms with van der Waals surface area (Å²) in [5, 5.41) is 8.62. The molecule has 0 spiro atoms. The van der Waals surface area contributed by atoms with Gasteiger partial charge < -0.3 is 9.47 Å². The lowest BCUT2D eigenvalue weighted by atomic mass is 10.3. The van der Waals surface area contributed by atoms with Crippen molar-refractivity contribution in [3.05, 3.63) is 72.8 Å². The zero-order valence-corrected chi connectivity index (χ0v) is 14.2. The van der Waals surface area contributed by atoms with Gasteiger partial charge in [0.2, 0.25) is 0 Å². The maximum absolute atomic E-state index is 5.70. The highest BCUT2D eigenvalue weighted by atomic mass is 16.5. The topological polar surface area (TPSA) is 43.2 Å². The van der Waals surface area contributed by atoms with Gasteiger partial charge in [-0.2, -0.15) is 0 Å². The van der Waals surface area contributed by atoms with Crippen molar-refractivity contribution in [1.29, 1.82) is 0 Å². The highest BCUT2D eigenvalue weighted by molar-refractivity contribution is 5.54. The summed E-state index contributed by atoms with van der Waals surface area (Å²) in [5.41, 5.74) is 3.21. The lowest BCUT2D eigenvalue weighted by Gasteiger charge is -2.09. The minimum Gasteiger partial charge on any atom is -0.487 e. The lowest BCUT2D eigenvalue weighted by molar-refractivity contribution is 0.352. The molecule has 0 aliphatic heterocycles. The summed E-state index contributed by atoms with van der Waals surface area (Å²) in [5.74, 6) is 1.34. The highest BCUT2D eigenvalue weighted by Crippen LogP contribution is 2.32. The van der Waals surface area contributed by atoms with Crippen LogP contribution in [0, 0.1) is 0 Å². The Bertz CT molecular complexity index is 687. The van der Waals surface area contributed by atoms with Gasteiger partial charge in [0, 0.05) is 0 Å². The van der Waals surface area contributed by atoms with Crippen LogP contribution in [0.15, 0.2) is 83.1 Å². The van der Waals surface area contributed by atoms with E-state index in [9.17, 15) is 0 Å². The van der Waals surface area contributed by atoms with Crippen LogP contribution < -0.4 is 9.47 Å². The molecule has 0 aliphatic carbocycles. The maximum Gasteiger partial charge on any atom is 0.147 e. The first-order chi connectivity index (χ1) is 11.6. The van der Waals surface area contributed by atoms with Crippen LogP contribution in [0.4, 0.5) is 11.4 Å². The zero-order valence-electron chi connectivity index (χ0n) is 14.2. The Kier molecular flexibility index (Phi) is 6.32. The Morgan fingerprint density at radius 1 is 0.750 bits per heavy atom. The Hall–Kier alpha value is -2.88. The Labute approximate surface area is 143 Å². The summed E-state index contributed by atoms with van der Waals surface area (Å²) in [6, 6.07) is 15.0. The Morgan fingerprint density at radius 3 is 1.50 bits per heavy atom. The van der Waals surface area contributed by atoms with Gasteiger partial charge in [-0.3, -0.25) is 0 Å². The minimum absolute atomic E-state index is 0.449. The molecule has 0 atom stereocenters. The molecule has 0 radical (unpaired) electrons. The number of rotatable bonds is 8. The van der Waals surface area contributed by atoms with Crippen molar-refractivity contribution < 1.29 is 9.47 Å². The number of hydrogen-bond acceptors (Lipinski definition) is 4. The summed E-state index contributed by atoms with van der Waals surface area (Å²) in [6.07, 6.45) is 0. The van der Waals surface area contributed by atoms with Gasteiger partial charge in [-0.1, -0.05) is 37.4 Å². The van der Waals surface area contributed by atoms with E-state index in [1.807, 2.05) is 62.4 Å². The van der Waals surface area contributed by atoms with E-state index in [-0.39, 0.29) is 0 Å². The molecule has 2 rings (SSSR count). The van der Waals surface area contributed by atoms with Crippen LogP contribution in [0.5, 0.6) is 11.5 Å². The molecule has 124 valence electrons. The third-order valence-corrected chi connectivity index (χ3v) is 2.94. The van der Waals surface area contributed by atoms with Crippen LogP contribution in [0.25, 0.3) is 0 Å². The van der Waals surface area contributed by atoms with Gasteiger partial charge in [-0.05, 0) is 49.3 Å². The second-order valence-corrected chi connectivity index (χ2v) is 5.63. The van der Waals surface area contributed by atoms with Gasteiger partial charge in [0.25, 0.3) is 0 Å². The molecular weight excluding hydrogens is 300 g/mol. The highest BCUT2D eigenvalue weighted by Gasteiger charge is 2.05. The van der Waals surface area contributed by atoms with E-state index in [1.54, 1.807) is 0 Å². The lowest BCUT2D eigenvalue weighted by Crippen LogP contribution is -1.97. The molecule has 24 heavy (non-hydrogen) atoms. The number of ether oxygens (including phenoxy) is 2. The smallest absolute Gasteiger partial charge is 0.147 e. The Balaban J connectivity index is 2.19. The van der Waals surface area contributed by atoms with E-state index >= 15 is 0 Å². The molecular formula is C20H22N2O2. The SMILES string of the molecule is C=C(C)COc1ccccc1/N=N/c1ccccc1OCC(=C)C. The number of para-hydroxylation sites is 2. The molecule has 0 aromatic heterocycles. The van der Waals surface area contributed by atoms with Crippen molar-refractivity contribution in [3.63, 3.8) is 0 Å². The quantitative estimate of drug-likeness (QED) is 0.441. The fourth-order valence-corrected chi connectivity index (χ4v) is 1.83. The van der Waals surface area contributed by atoms with E-state index in [0.29, 0.717) is 36.1 Å². The first-order valence-corrected chi connectivity index (χ1v) is 7.70. The van der Waals surface area contributed by atoms with Crippen LogP contribution in [-0.2, 0) is 0 Å². The molecule has 0 N–H and O–H groups in total. The first-order valence-electron chi connectivity index (χ1n) is 7.70. The molecule has 0 heterocycles. The van der Waals surface area contributed by atoms with E-state index in [4.69, 9.17) is 9.47 Å². The van der Waals surface area contributed by atoms with E-state index < -0.39 is 0 Å².